The van der Waals surface area contributed by atoms with Crippen LogP contribution in [0.5, 0.6) is 5.75 Å². The summed E-state index contributed by atoms with van der Waals surface area (Å²) in [5.74, 6) is 0.423. The molecule has 0 aliphatic carbocycles. The fourth-order valence-corrected chi connectivity index (χ4v) is 1.29. The van der Waals surface area contributed by atoms with Gasteiger partial charge in [-0.1, -0.05) is 6.92 Å². The van der Waals surface area contributed by atoms with Crippen LogP contribution in [0.15, 0.2) is 24.3 Å². The lowest BCUT2D eigenvalue weighted by Crippen LogP contribution is -2.44. The summed E-state index contributed by atoms with van der Waals surface area (Å²) in [6.45, 7) is 5.91. The molecule has 0 unspecified atom stereocenters. The van der Waals surface area contributed by atoms with E-state index >= 15 is 0 Å². The third-order valence-electron chi connectivity index (χ3n) is 2.75. The molecule has 0 saturated carbocycles. The van der Waals surface area contributed by atoms with Crippen molar-refractivity contribution in [2.45, 2.75) is 32.7 Å². The maximum Gasteiger partial charge on any atom is 0.258 e. The minimum absolute atomic E-state index is 0.0239. The third-order valence-corrected chi connectivity index (χ3v) is 2.75. The normalized spacial score (nSPS) is 10.8. The van der Waals surface area contributed by atoms with E-state index in [0.717, 1.165) is 12.7 Å². The number of amides is 1. The molecule has 0 fully saturated rings. The summed E-state index contributed by atoms with van der Waals surface area (Å²) >= 11 is 0. The molecule has 0 aliphatic rings. The van der Waals surface area contributed by atoms with Gasteiger partial charge in [0.05, 0.1) is 0 Å². The van der Waals surface area contributed by atoms with Gasteiger partial charge in [0.2, 0.25) is 0 Å². The standard InChI is InChI=1S/C14H19NO3/c1-4-14(2,3)15-13(17)10-18-12-7-5-11(9-16)6-8-12/h5-9H,4,10H2,1-3H3,(H,15,17). The number of hydrogen-bond donors (Lipinski definition) is 1. The number of ether oxygens (including phenoxy) is 1. The zero-order valence-corrected chi connectivity index (χ0v) is 11.0. The summed E-state index contributed by atoms with van der Waals surface area (Å²) in [5.41, 5.74) is 0.362. The van der Waals surface area contributed by atoms with Crippen LogP contribution in [0.2, 0.25) is 0 Å². The van der Waals surface area contributed by atoms with Gasteiger partial charge in [-0.3, -0.25) is 9.59 Å². The van der Waals surface area contributed by atoms with Crippen LogP contribution in [-0.4, -0.2) is 24.3 Å². The zero-order valence-electron chi connectivity index (χ0n) is 11.0. The van der Waals surface area contributed by atoms with Crippen molar-refractivity contribution in [1.29, 1.82) is 0 Å². The van der Waals surface area contributed by atoms with E-state index in [1.807, 2.05) is 20.8 Å². The minimum atomic E-state index is -0.220. The number of nitrogens with one attached hydrogen (secondary N) is 1. The molecule has 0 aliphatic heterocycles. The molecule has 4 nitrogen and oxygen atoms in total. The van der Waals surface area contributed by atoms with Crippen molar-refractivity contribution in [2.75, 3.05) is 6.61 Å². The summed E-state index contributed by atoms with van der Waals surface area (Å²) in [4.78, 5) is 22.1. The molecule has 1 amide bonds. The highest BCUT2D eigenvalue weighted by Crippen LogP contribution is 2.11. The van der Waals surface area contributed by atoms with E-state index in [9.17, 15) is 9.59 Å². The molecular weight excluding hydrogens is 230 g/mol. The molecule has 1 aromatic rings. The lowest BCUT2D eigenvalue weighted by molar-refractivity contribution is -0.124. The second-order valence-corrected chi connectivity index (χ2v) is 4.76. The molecule has 1 aromatic carbocycles. The van der Waals surface area contributed by atoms with Gasteiger partial charge in [-0.2, -0.15) is 0 Å². The van der Waals surface area contributed by atoms with Crippen LogP contribution in [0.4, 0.5) is 0 Å². The third kappa shape index (κ3) is 4.57. The van der Waals surface area contributed by atoms with Gasteiger partial charge < -0.3 is 10.1 Å². The van der Waals surface area contributed by atoms with E-state index in [2.05, 4.69) is 5.32 Å². The maximum atomic E-state index is 11.6. The van der Waals surface area contributed by atoms with Crippen molar-refractivity contribution < 1.29 is 14.3 Å². The number of carbonyl (C=O) groups is 2. The van der Waals surface area contributed by atoms with E-state index in [-0.39, 0.29) is 18.1 Å². The molecule has 98 valence electrons. The van der Waals surface area contributed by atoms with Gasteiger partial charge in [-0.05, 0) is 44.5 Å². The van der Waals surface area contributed by atoms with Crippen molar-refractivity contribution in [3.8, 4) is 5.75 Å². The van der Waals surface area contributed by atoms with Crippen molar-refractivity contribution in [1.82, 2.24) is 5.32 Å². The first-order chi connectivity index (χ1) is 8.46. The van der Waals surface area contributed by atoms with Gasteiger partial charge in [0.15, 0.2) is 6.61 Å². The molecule has 1 N–H and O–H groups in total. The fraction of sp³-hybridized carbons (Fsp3) is 0.429. The monoisotopic (exact) mass is 249 g/mol. The average Bonchev–Trinajstić information content (AvgIpc) is 2.36. The quantitative estimate of drug-likeness (QED) is 0.786. The van der Waals surface area contributed by atoms with Crippen LogP contribution >= 0.6 is 0 Å². The average molecular weight is 249 g/mol. The van der Waals surface area contributed by atoms with Crippen molar-refractivity contribution >= 4 is 12.2 Å². The van der Waals surface area contributed by atoms with Crippen LogP contribution in [0.3, 0.4) is 0 Å². The Bertz CT molecular complexity index is 410. The predicted octanol–water partition coefficient (Wildman–Crippen LogP) is 2.18. The van der Waals surface area contributed by atoms with E-state index in [4.69, 9.17) is 4.74 Å². The summed E-state index contributed by atoms with van der Waals surface area (Å²) in [5, 5.41) is 2.88. The molecular formula is C14H19NO3. The van der Waals surface area contributed by atoms with Crippen LogP contribution in [0.1, 0.15) is 37.6 Å². The summed E-state index contributed by atoms with van der Waals surface area (Å²) in [7, 11) is 0. The van der Waals surface area contributed by atoms with E-state index in [0.29, 0.717) is 11.3 Å². The van der Waals surface area contributed by atoms with Crippen molar-refractivity contribution in [2.24, 2.45) is 0 Å². The first-order valence-corrected chi connectivity index (χ1v) is 5.96. The second kappa shape index (κ2) is 6.19. The lowest BCUT2D eigenvalue weighted by atomic mass is 10.0. The Morgan fingerprint density at radius 1 is 1.33 bits per heavy atom. The highest BCUT2D eigenvalue weighted by atomic mass is 16.5. The molecule has 0 bridgehead atoms. The zero-order chi connectivity index (χ0) is 13.6. The molecule has 0 saturated heterocycles. The molecule has 0 heterocycles. The molecule has 18 heavy (non-hydrogen) atoms. The van der Waals surface area contributed by atoms with Crippen LogP contribution in [0, 0.1) is 0 Å². The Balaban J connectivity index is 2.44. The first-order valence-electron chi connectivity index (χ1n) is 5.96. The Kier molecular flexibility index (Phi) is 4.89. The molecule has 4 heteroatoms. The minimum Gasteiger partial charge on any atom is -0.484 e. The summed E-state index contributed by atoms with van der Waals surface area (Å²) in [6.07, 6.45) is 1.62. The van der Waals surface area contributed by atoms with Gasteiger partial charge in [0.25, 0.3) is 5.91 Å². The van der Waals surface area contributed by atoms with Crippen LogP contribution < -0.4 is 10.1 Å². The number of hydrogen-bond acceptors (Lipinski definition) is 3. The molecule has 0 aromatic heterocycles. The van der Waals surface area contributed by atoms with Gasteiger partial charge in [0.1, 0.15) is 12.0 Å². The first kappa shape index (κ1) is 14.2. The SMILES string of the molecule is CCC(C)(C)NC(=O)COc1ccc(C=O)cc1. The lowest BCUT2D eigenvalue weighted by Gasteiger charge is -2.24. The van der Waals surface area contributed by atoms with Gasteiger partial charge in [-0.15, -0.1) is 0 Å². The number of carbonyl (C=O) groups excluding carboxylic acids is 2. The maximum absolute atomic E-state index is 11.6. The fourth-order valence-electron chi connectivity index (χ4n) is 1.29. The highest BCUT2D eigenvalue weighted by Gasteiger charge is 2.17. The van der Waals surface area contributed by atoms with Crippen LogP contribution in [-0.2, 0) is 4.79 Å². The Morgan fingerprint density at radius 2 is 1.94 bits per heavy atom. The Hall–Kier alpha value is -1.84. The summed E-state index contributed by atoms with van der Waals surface area (Å²) < 4.78 is 5.33. The number of benzene rings is 1. The molecule has 1 rings (SSSR count). The second-order valence-electron chi connectivity index (χ2n) is 4.76. The number of rotatable bonds is 6. The van der Waals surface area contributed by atoms with Crippen LogP contribution in [0.25, 0.3) is 0 Å². The Morgan fingerprint density at radius 3 is 2.44 bits per heavy atom. The van der Waals surface area contributed by atoms with Gasteiger partial charge in [-0.25, -0.2) is 0 Å². The topological polar surface area (TPSA) is 55.4 Å². The summed E-state index contributed by atoms with van der Waals surface area (Å²) in [6, 6.07) is 6.64. The molecule has 0 atom stereocenters. The van der Waals surface area contributed by atoms with Gasteiger partial charge in [0, 0.05) is 11.1 Å². The highest BCUT2D eigenvalue weighted by molar-refractivity contribution is 5.78. The largest absolute Gasteiger partial charge is 0.484 e. The Labute approximate surface area is 107 Å². The van der Waals surface area contributed by atoms with Crippen molar-refractivity contribution in [3.63, 3.8) is 0 Å². The van der Waals surface area contributed by atoms with E-state index < -0.39 is 0 Å². The molecule has 0 radical (unpaired) electrons. The van der Waals surface area contributed by atoms with Gasteiger partial charge >= 0.3 is 0 Å². The predicted molar refractivity (Wildman–Crippen MR) is 69.8 cm³/mol. The molecule has 0 spiro atoms. The van der Waals surface area contributed by atoms with E-state index in [1.54, 1.807) is 24.3 Å². The number of aldehydes is 1. The van der Waals surface area contributed by atoms with Crippen molar-refractivity contribution in [3.05, 3.63) is 29.8 Å². The smallest absolute Gasteiger partial charge is 0.258 e. The van der Waals surface area contributed by atoms with E-state index in [1.165, 1.54) is 0 Å².